The predicted molar refractivity (Wildman–Crippen MR) is 42.5 cm³/mol. The molecule has 0 aromatic heterocycles. The first kappa shape index (κ1) is 7.33. The van der Waals surface area contributed by atoms with Gasteiger partial charge in [-0.2, -0.15) is 0 Å². The molecule has 50 valence electrons. The Morgan fingerprint density at radius 3 is 1.90 bits per heavy atom. The first-order chi connectivity index (χ1) is 4.86. The highest BCUT2D eigenvalue weighted by atomic mass is 13.9. The van der Waals surface area contributed by atoms with Gasteiger partial charge in [0.15, 0.2) is 0 Å². The Hall–Kier alpha value is -0.780. The molecule has 4 radical (unpaired) electrons. The van der Waals surface area contributed by atoms with Gasteiger partial charge in [0.05, 0.1) is 0 Å². The fourth-order valence-corrected chi connectivity index (χ4v) is 0.830. The Balaban J connectivity index is 2.87. The maximum Gasteiger partial charge on any atom is 0.0131 e. The monoisotopic (exact) mass is 130 g/mol. The van der Waals surface area contributed by atoms with E-state index in [0.29, 0.717) is 0 Å². The van der Waals surface area contributed by atoms with Crippen LogP contribution in [0.3, 0.4) is 0 Å². The molecule has 0 heteroatoms. The molecular formula is C10H10. The maximum atomic E-state index is 3.06. The molecule has 0 aliphatic carbocycles. The summed E-state index contributed by atoms with van der Waals surface area (Å²) in [6.07, 6.45) is 6.12. The topological polar surface area (TPSA) is 0 Å². The highest BCUT2D eigenvalue weighted by Crippen LogP contribution is 2.07. The number of rotatable bonds is 2. The van der Waals surface area contributed by atoms with E-state index < -0.39 is 0 Å². The third kappa shape index (κ3) is 1.60. The molecule has 0 spiro atoms. The zero-order valence-electron chi connectivity index (χ0n) is 6.31. The van der Waals surface area contributed by atoms with E-state index in [1.54, 1.807) is 0 Å². The Morgan fingerprint density at radius 1 is 1.00 bits per heavy atom. The first-order valence-electron chi connectivity index (χ1n) is 3.32. The highest BCUT2D eigenvalue weighted by Gasteiger charge is 1.90. The van der Waals surface area contributed by atoms with Crippen LogP contribution in [0.25, 0.3) is 0 Å². The van der Waals surface area contributed by atoms with Crippen LogP contribution in [0.5, 0.6) is 0 Å². The molecule has 1 aromatic carbocycles. The highest BCUT2D eigenvalue weighted by molar-refractivity contribution is 5.31. The van der Waals surface area contributed by atoms with Gasteiger partial charge in [0.1, 0.15) is 0 Å². The molecule has 0 unspecified atom stereocenters. The minimum absolute atomic E-state index is 1.13. The van der Waals surface area contributed by atoms with Crippen LogP contribution in [0.1, 0.15) is 25.0 Å². The van der Waals surface area contributed by atoms with Crippen molar-refractivity contribution in [3.8, 4) is 0 Å². The van der Waals surface area contributed by atoms with Crippen LogP contribution in [0.2, 0.25) is 0 Å². The number of hydrogen-bond donors (Lipinski definition) is 0. The van der Waals surface area contributed by atoms with Gasteiger partial charge in [0.25, 0.3) is 0 Å². The maximum absolute atomic E-state index is 3.06. The molecule has 0 atom stereocenters. The summed E-state index contributed by atoms with van der Waals surface area (Å²) in [5, 5.41) is 0. The summed E-state index contributed by atoms with van der Waals surface area (Å²) in [7, 11) is 0. The summed E-state index contributed by atoms with van der Waals surface area (Å²) in [5.74, 6) is 0. The average Bonchev–Trinajstić information content (AvgIpc) is 2.05. The van der Waals surface area contributed by atoms with Crippen LogP contribution in [0.4, 0.5) is 0 Å². The Labute approximate surface area is 62.9 Å². The third-order valence-corrected chi connectivity index (χ3v) is 1.44. The van der Waals surface area contributed by atoms with Gasteiger partial charge in [0.2, 0.25) is 0 Å². The molecule has 0 nitrogen and oxygen atoms in total. The second-order valence-electron chi connectivity index (χ2n) is 2.08. The van der Waals surface area contributed by atoms with Crippen molar-refractivity contribution < 1.29 is 0 Å². The normalized spacial score (nSPS) is 9.80. The van der Waals surface area contributed by atoms with Crippen LogP contribution in [-0.4, -0.2) is 0 Å². The largest absolute Gasteiger partial charge is 0.0617 e. The van der Waals surface area contributed by atoms with E-state index in [4.69, 9.17) is 0 Å². The lowest BCUT2D eigenvalue weighted by Gasteiger charge is -1.97. The predicted octanol–water partition coefficient (Wildman–Crippen LogP) is 2.59. The van der Waals surface area contributed by atoms with Crippen LogP contribution < -0.4 is 0 Å². The van der Waals surface area contributed by atoms with Gasteiger partial charge in [-0.15, -0.1) is 0 Å². The summed E-state index contributed by atoms with van der Waals surface area (Å²) in [4.78, 5) is 0. The van der Waals surface area contributed by atoms with E-state index >= 15 is 0 Å². The Kier molecular flexibility index (Phi) is 2.49. The van der Waals surface area contributed by atoms with E-state index in [-0.39, 0.29) is 0 Å². The van der Waals surface area contributed by atoms with Crippen molar-refractivity contribution in [1.29, 1.82) is 0 Å². The fraction of sp³-hybridized carbons (Fsp3) is 0.200. The standard InChI is InChI=1S/C10H10/c1-3-9-6-5-7-10(4-2)8-9/h5-8H,1-2H3. The van der Waals surface area contributed by atoms with Crippen molar-refractivity contribution >= 4 is 0 Å². The van der Waals surface area contributed by atoms with Gasteiger partial charge in [0, 0.05) is 12.8 Å². The Bertz CT molecular complexity index is 182. The SMILES string of the molecule is C[C]c1cccc([C]C)c1. The van der Waals surface area contributed by atoms with Crippen LogP contribution >= 0.6 is 0 Å². The Morgan fingerprint density at radius 2 is 1.50 bits per heavy atom. The quantitative estimate of drug-likeness (QED) is 0.577. The van der Waals surface area contributed by atoms with E-state index in [0.717, 1.165) is 11.1 Å². The van der Waals surface area contributed by atoms with Gasteiger partial charge in [-0.25, -0.2) is 0 Å². The molecule has 10 heavy (non-hydrogen) atoms. The second-order valence-corrected chi connectivity index (χ2v) is 2.08. The van der Waals surface area contributed by atoms with E-state index in [1.807, 2.05) is 32.0 Å². The molecule has 0 amide bonds. The second kappa shape index (κ2) is 3.40. The number of hydrogen-bond acceptors (Lipinski definition) is 0. The minimum Gasteiger partial charge on any atom is -0.0617 e. The van der Waals surface area contributed by atoms with Crippen molar-refractivity contribution in [2.45, 2.75) is 13.8 Å². The third-order valence-electron chi connectivity index (χ3n) is 1.44. The summed E-state index contributed by atoms with van der Waals surface area (Å²) >= 11 is 0. The summed E-state index contributed by atoms with van der Waals surface area (Å²) < 4.78 is 0. The van der Waals surface area contributed by atoms with Crippen molar-refractivity contribution in [3.63, 3.8) is 0 Å². The van der Waals surface area contributed by atoms with Crippen molar-refractivity contribution in [2.75, 3.05) is 0 Å². The summed E-state index contributed by atoms with van der Waals surface area (Å²) in [6, 6.07) is 8.12. The zero-order valence-corrected chi connectivity index (χ0v) is 6.31. The zero-order chi connectivity index (χ0) is 7.40. The molecule has 0 fully saturated rings. The molecule has 0 saturated heterocycles. The minimum atomic E-state index is 1.13. The lowest BCUT2D eigenvalue weighted by atomic mass is 10.1. The van der Waals surface area contributed by atoms with Crippen molar-refractivity contribution in [2.24, 2.45) is 0 Å². The smallest absolute Gasteiger partial charge is 0.0131 e. The lowest BCUT2D eigenvalue weighted by molar-refractivity contribution is 1.36. The van der Waals surface area contributed by atoms with E-state index in [2.05, 4.69) is 18.9 Å². The van der Waals surface area contributed by atoms with Crippen molar-refractivity contribution in [1.82, 2.24) is 0 Å². The molecule has 0 aliphatic rings. The van der Waals surface area contributed by atoms with Gasteiger partial charge < -0.3 is 0 Å². The van der Waals surface area contributed by atoms with E-state index in [9.17, 15) is 0 Å². The van der Waals surface area contributed by atoms with Crippen LogP contribution in [-0.2, 0) is 0 Å². The molecule has 0 bridgehead atoms. The van der Waals surface area contributed by atoms with Gasteiger partial charge in [-0.3, -0.25) is 0 Å². The van der Waals surface area contributed by atoms with Crippen molar-refractivity contribution in [3.05, 3.63) is 48.2 Å². The van der Waals surface area contributed by atoms with E-state index in [1.165, 1.54) is 0 Å². The molecule has 1 aromatic rings. The van der Waals surface area contributed by atoms with Crippen LogP contribution in [0.15, 0.2) is 24.3 Å². The molecule has 0 aliphatic heterocycles. The summed E-state index contributed by atoms with van der Waals surface area (Å²) in [5.41, 5.74) is 2.26. The molecule has 0 heterocycles. The first-order valence-corrected chi connectivity index (χ1v) is 3.32. The molecule has 1 rings (SSSR count). The molecule has 0 N–H and O–H groups in total. The molecular weight excluding hydrogens is 120 g/mol. The van der Waals surface area contributed by atoms with Gasteiger partial charge >= 0.3 is 0 Å². The van der Waals surface area contributed by atoms with Gasteiger partial charge in [-0.1, -0.05) is 38.1 Å². The average molecular weight is 130 g/mol. The molecule has 0 saturated carbocycles. The van der Waals surface area contributed by atoms with Crippen LogP contribution in [0, 0.1) is 12.8 Å². The summed E-state index contributed by atoms with van der Waals surface area (Å²) in [6.45, 7) is 3.82. The number of benzene rings is 1. The van der Waals surface area contributed by atoms with Gasteiger partial charge in [-0.05, 0) is 11.1 Å². The lowest BCUT2D eigenvalue weighted by Crippen LogP contribution is -1.80. The fourth-order valence-electron chi connectivity index (χ4n) is 0.830.